The Balaban J connectivity index is 2.06. The van der Waals surface area contributed by atoms with Crippen LogP contribution in [-0.4, -0.2) is 30.6 Å². The van der Waals surface area contributed by atoms with E-state index in [-0.39, 0.29) is 6.04 Å². The minimum atomic E-state index is 0.243. The molecule has 0 aromatic heterocycles. The third-order valence-corrected chi connectivity index (χ3v) is 2.66. The van der Waals surface area contributed by atoms with Gasteiger partial charge < -0.3 is 4.90 Å². The van der Waals surface area contributed by atoms with E-state index in [2.05, 4.69) is 4.90 Å². The topological polar surface area (TPSA) is 27.0 Å². The zero-order chi connectivity index (χ0) is 6.27. The first-order valence-electron chi connectivity index (χ1n) is 3.80. The van der Waals surface area contributed by atoms with Gasteiger partial charge in [-0.05, 0) is 31.8 Å². The van der Waals surface area contributed by atoms with Gasteiger partial charge in [-0.25, -0.2) is 0 Å². The van der Waals surface area contributed by atoms with E-state index in [0.717, 1.165) is 12.5 Å². The van der Waals surface area contributed by atoms with Crippen molar-refractivity contribution in [2.45, 2.75) is 18.9 Å². The molecular formula is C7H13N2. The molecule has 9 heavy (non-hydrogen) atoms. The monoisotopic (exact) mass is 125 g/mol. The van der Waals surface area contributed by atoms with Gasteiger partial charge in [0.15, 0.2) is 0 Å². The molecule has 2 nitrogen and oxygen atoms in total. The van der Waals surface area contributed by atoms with Crippen molar-refractivity contribution in [2.75, 3.05) is 19.6 Å². The highest BCUT2D eigenvalue weighted by Gasteiger charge is 2.31. The molecular weight excluding hydrogens is 112 g/mol. The Hall–Kier alpha value is -0.0800. The Bertz CT molecular complexity index is 105. The average molecular weight is 125 g/mol. The van der Waals surface area contributed by atoms with Gasteiger partial charge in [0, 0.05) is 12.6 Å². The summed E-state index contributed by atoms with van der Waals surface area (Å²) in [5.74, 6) is 0.745. The molecule has 2 heteroatoms. The number of nitrogens with zero attached hydrogens (tertiary/aromatic N) is 1. The molecule has 3 fully saturated rings. The maximum absolute atomic E-state index is 7.62. The second kappa shape index (κ2) is 1.96. The van der Waals surface area contributed by atoms with E-state index in [4.69, 9.17) is 5.73 Å². The Morgan fingerprint density at radius 2 is 1.89 bits per heavy atom. The van der Waals surface area contributed by atoms with E-state index in [1.165, 1.54) is 25.9 Å². The molecule has 51 valence electrons. The summed E-state index contributed by atoms with van der Waals surface area (Å²) in [5.41, 5.74) is 7.62. The van der Waals surface area contributed by atoms with Crippen LogP contribution >= 0.6 is 0 Å². The Morgan fingerprint density at radius 1 is 1.22 bits per heavy atom. The van der Waals surface area contributed by atoms with Crippen LogP contribution in [0.5, 0.6) is 0 Å². The fourth-order valence-corrected chi connectivity index (χ4v) is 1.97. The summed E-state index contributed by atoms with van der Waals surface area (Å²) in [6, 6.07) is 0.243. The number of rotatable bonds is 0. The van der Waals surface area contributed by atoms with Gasteiger partial charge in [-0.1, -0.05) is 0 Å². The van der Waals surface area contributed by atoms with Crippen LogP contribution in [0.3, 0.4) is 0 Å². The number of piperidine rings is 3. The highest BCUT2D eigenvalue weighted by molar-refractivity contribution is 4.88. The van der Waals surface area contributed by atoms with Crippen molar-refractivity contribution in [3.05, 3.63) is 0 Å². The third-order valence-electron chi connectivity index (χ3n) is 2.66. The number of nitrogens with one attached hydrogen (secondary N) is 1. The lowest BCUT2D eigenvalue weighted by molar-refractivity contribution is 0.0867. The largest absolute Gasteiger partial charge is 0.302 e. The minimum Gasteiger partial charge on any atom is -0.302 e. The molecule has 0 saturated carbocycles. The fourth-order valence-electron chi connectivity index (χ4n) is 1.97. The Morgan fingerprint density at radius 3 is 2.11 bits per heavy atom. The van der Waals surface area contributed by atoms with Gasteiger partial charge in [0.05, 0.1) is 0 Å². The Kier molecular flexibility index (Phi) is 1.24. The molecule has 3 heterocycles. The van der Waals surface area contributed by atoms with Gasteiger partial charge in [0.1, 0.15) is 0 Å². The van der Waals surface area contributed by atoms with Gasteiger partial charge in [-0.2, -0.15) is 0 Å². The van der Waals surface area contributed by atoms with Crippen molar-refractivity contribution in [1.82, 2.24) is 10.6 Å². The van der Waals surface area contributed by atoms with E-state index in [1.54, 1.807) is 0 Å². The number of hydrogen-bond acceptors (Lipinski definition) is 1. The SMILES string of the molecule is [NH][C@@H]1CN2CCC1CC2. The molecule has 3 aliphatic heterocycles. The van der Waals surface area contributed by atoms with Gasteiger partial charge in [-0.3, -0.25) is 5.73 Å². The van der Waals surface area contributed by atoms with Crippen molar-refractivity contribution in [1.29, 1.82) is 0 Å². The second-order valence-corrected chi connectivity index (χ2v) is 3.24. The summed E-state index contributed by atoms with van der Waals surface area (Å²) in [4.78, 5) is 2.41. The van der Waals surface area contributed by atoms with Crippen LogP contribution < -0.4 is 5.73 Å². The maximum atomic E-state index is 7.62. The van der Waals surface area contributed by atoms with Crippen LogP contribution in [-0.2, 0) is 0 Å². The molecule has 0 aromatic rings. The normalized spacial score (nSPS) is 49.7. The summed E-state index contributed by atoms with van der Waals surface area (Å²) < 4.78 is 0. The molecule has 1 radical (unpaired) electrons. The standard InChI is InChI=1S/C7H13N2/c8-7-5-9-3-1-6(7)2-4-9/h6-8H,1-5H2/t7-/m1/s1. The average Bonchev–Trinajstić information content (AvgIpc) is 1.90. The molecule has 2 bridgehead atoms. The van der Waals surface area contributed by atoms with Crippen molar-refractivity contribution in [3.63, 3.8) is 0 Å². The predicted octanol–water partition coefficient (Wildman–Crippen LogP) is 0.363. The first-order valence-corrected chi connectivity index (χ1v) is 3.80. The van der Waals surface area contributed by atoms with E-state index >= 15 is 0 Å². The summed E-state index contributed by atoms with van der Waals surface area (Å²) in [5, 5.41) is 0. The molecule has 1 N–H and O–H groups in total. The van der Waals surface area contributed by atoms with Gasteiger partial charge in [0.2, 0.25) is 0 Å². The van der Waals surface area contributed by atoms with E-state index < -0.39 is 0 Å². The number of fused-ring (bicyclic) bond motifs is 3. The molecule has 3 rings (SSSR count). The smallest absolute Gasteiger partial charge is 0.0369 e. The van der Waals surface area contributed by atoms with Crippen LogP contribution in [0.25, 0.3) is 0 Å². The summed E-state index contributed by atoms with van der Waals surface area (Å²) in [6.45, 7) is 3.57. The quantitative estimate of drug-likeness (QED) is 0.459. The van der Waals surface area contributed by atoms with Crippen LogP contribution in [0.4, 0.5) is 0 Å². The van der Waals surface area contributed by atoms with Crippen molar-refractivity contribution in [3.8, 4) is 0 Å². The van der Waals surface area contributed by atoms with E-state index in [1.807, 2.05) is 0 Å². The van der Waals surface area contributed by atoms with Crippen LogP contribution in [0.2, 0.25) is 0 Å². The van der Waals surface area contributed by atoms with Gasteiger partial charge in [0.25, 0.3) is 0 Å². The highest BCUT2D eigenvalue weighted by atomic mass is 15.2. The van der Waals surface area contributed by atoms with E-state index in [9.17, 15) is 0 Å². The maximum Gasteiger partial charge on any atom is 0.0369 e. The fraction of sp³-hybridized carbons (Fsp3) is 1.00. The highest BCUT2D eigenvalue weighted by Crippen LogP contribution is 2.26. The molecule has 0 aliphatic carbocycles. The summed E-state index contributed by atoms with van der Waals surface area (Å²) in [6.07, 6.45) is 2.57. The lowest BCUT2D eigenvalue weighted by Crippen LogP contribution is -2.50. The zero-order valence-electron chi connectivity index (χ0n) is 5.64. The van der Waals surface area contributed by atoms with Crippen LogP contribution in [0.1, 0.15) is 12.8 Å². The van der Waals surface area contributed by atoms with Crippen LogP contribution in [0.15, 0.2) is 0 Å². The van der Waals surface area contributed by atoms with Crippen molar-refractivity contribution in [2.24, 2.45) is 5.92 Å². The first kappa shape index (κ1) is 5.69. The molecule has 0 aromatic carbocycles. The molecule has 0 unspecified atom stereocenters. The zero-order valence-corrected chi connectivity index (χ0v) is 5.64. The van der Waals surface area contributed by atoms with Crippen molar-refractivity contribution < 1.29 is 0 Å². The molecule has 1 atom stereocenters. The third kappa shape index (κ3) is 0.864. The molecule has 3 aliphatic rings. The summed E-state index contributed by atoms with van der Waals surface area (Å²) in [7, 11) is 0. The number of hydrogen-bond donors (Lipinski definition) is 0. The lowest BCUT2D eigenvalue weighted by Gasteiger charge is -2.42. The minimum absolute atomic E-state index is 0.243. The molecule has 3 saturated heterocycles. The van der Waals surface area contributed by atoms with Crippen LogP contribution in [0, 0.1) is 5.92 Å². The second-order valence-electron chi connectivity index (χ2n) is 3.24. The van der Waals surface area contributed by atoms with Crippen molar-refractivity contribution >= 4 is 0 Å². The Labute approximate surface area is 56.0 Å². The lowest BCUT2D eigenvalue weighted by atomic mass is 9.85. The predicted molar refractivity (Wildman–Crippen MR) is 36.0 cm³/mol. The molecule has 0 spiro atoms. The van der Waals surface area contributed by atoms with Gasteiger partial charge in [-0.15, -0.1) is 0 Å². The summed E-state index contributed by atoms with van der Waals surface area (Å²) >= 11 is 0. The van der Waals surface area contributed by atoms with Gasteiger partial charge >= 0.3 is 0 Å². The molecule has 0 amide bonds. The van der Waals surface area contributed by atoms with E-state index in [0.29, 0.717) is 0 Å². The first-order chi connectivity index (χ1) is 4.36.